The second-order valence-electron chi connectivity index (χ2n) is 7.37. The number of carboxylic acid groups (broad SMARTS) is 1. The summed E-state index contributed by atoms with van der Waals surface area (Å²) < 4.78 is 32.8. The first kappa shape index (κ1) is 21.4. The van der Waals surface area contributed by atoms with Crippen molar-refractivity contribution in [1.82, 2.24) is 14.2 Å². The third kappa shape index (κ3) is 4.16. The van der Waals surface area contributed by atoms with Crippen molar-refractivity contribution >= 4 is 26.9 Å². The van der Waals surface area contributed by atoms with Crippen LogP contribution in [0.2, 0.25) is 0 Å². The monoisotopic (exact) mass is 443 g/mol. The van der Waals surface area contributed by atoms with Gasteiger partial charge in [0.2, 0.25) is 10.0 Å². The smallest absolute Gasteiger partial charge is 0.325 e. The number of nitrogens with zero attached hydrogens (tertiary/aromatic N) is 2. The maximum Gasteiger partial charge on any atom is 0.325 e. The number of hydrogen-bond donors (Lipinski definition) is 2. The van der Waals surface area contributed by atoms with Gasteiger partial charge in [0.1, 0.15) is 11.8 Å². The molecule has 0 saturated carbocycles. The van der Waals surface area contributed by atoms with Gasteiger partial charge < -0.3 is 14.8 Å². The summed E-state index contributed by atoms with van der Waals surface area (Å²) in [6, 6.07) is 13.1. The first-order chi connectivity index (χ1) is 14.9. The summed E-state index contributed by atoms with van der Waals surface area (Å²) in [5.74, 6) is -0.332. The van der Waals surface area contributed by atoms with E-state index in [2.05, 4.69) is 4.98 Å². The predicted molar refractivity (Wildman–Crippen MR) is 117 cm³/mol. The minimum Gasteiger partial charge on any atom is -0.494 e. The first-order valence-electron chi connectivity index (χ1n) is 10.2. The fraction of sp³-hybridized carbons (Fsp3) is 0.318. The third-order valence-corrected chi connectivity index (χ3v) is 7.47. The Labute approximate surface area is 181 Å². The maximum atomic E-state index is 13.0. The zero-order valence-electron chi connectivity index (χ0n) is 17.2. The highest BCUT2D eigenvalue weighted by Crippen LogP contribution is 2.30. The summed E-state index contributed by atoms with van der Waals surface area (Å²) in [6.07, 6.45) is 1.73. The summed E-state index contributed by atoms with van der Waals surface area (Å²) in [5, 5.41) is 10.8. The van der Waals surface area contributed by atoms with Gasteiger partial charge in [0, 0.05) is 48.8 Å². The molecule has 0 radical (unpaired) electrons. The summed E-state index contributed by atoms with van der Waals surface area (Å²) in [7, 11) is -3.65. The van der Waals surface area contributed by atoms with Crippen molar-refractivity contribution in [1.29, 1.82) is 0 Å². The number of ether oxygens (including phenoxy) is 1. The zero-order chi connectivity index (χ0) is 22.0. The van der Waals surface area contributed by atoms with E-state index in [1.54, 1.807) is 30.5 Å². The molecule has 2 aromatic carbocycles. The number of H-pyrrole nitrogens is 1. The second-order valence-corrected chi connectivity index (χ2v) is 9.31. The van der Waals surface area contributed by atoms with Gasteiger partial charge in [-0.05, 0) is 37.3 Å². The van der Waals surface area contributed by atoms with E-state index in [4.69, 9.17) is 4.74 Å². The number of carboxylic acids is 1. The van der Waals surface area contributed by atoms with Crippen LogP contribution in [0.5, 0.6) is 5.75 Å². The third-order valence-electron chi connectivity index (χ3n) is 5.56. The average Bonchev–Trinajstić information content (AvgIpc) is 3.18. The van der Waals surface area contributed by atoms with Crippen LogP contribution >= 0.6 is 0 Å². The predicted octanol–water partition coefficient (Wildman–Crippen LogP) is 2.70. The number of fused-ring (bicyclic) bond motifs is 1. The van der Waals surface area contributed by atoms with Crippen LogP contribution in [0.15, 0.2) is 59.6 Å². The number of benzene rings is 2. The molecular weight excluding hydrogens is 418 g/mol. The van der Waals surface area contributed by atoms with E-state index < -0.39 is 22.0 Å². The second kappa shape index (κ2) is 8.70. The summed E-state index contributed by atoms with van der Waals surface area (Å²) in [4.78, 5) is 17.3. The van der Waals surface area contributed by atoms with Gasteiger partial charge in [0.15, 0.2) is 0 Å². The van der Waals surface area contributed by atoms with Crippen molar-refractivity contribution in [3.8, 4) is 5.75 Å². The molecule has 1 saturated heterocycles. The van der Waals surface area contributed by atoms with Gasteiger partial charge in [-0.1, -0.05) is 18.2 Å². The molecule has 3 aromatic rings. The molecule has 9 heteroatoms. The number of nitrogens with one attached hydrogen (secondary N) is 1. The van der Waals surface area contributed by atoms with Crippen LogP contribution in [0.25, 0.3) is 10.9 Å². The maximum absolute atomic E-state index is 13.0. The van der Waals surface area contributed by atoms with Crippen molar-refractivity contribution in [3.63, 3.8) is 0 Å². The normalized spacial score (nSPS) is 16.9. The molecule has 164 valence electrons. The highest BCUT2D eigenvalue weighted by molar-refractivity contribution is 7.89. The van der Waals surface area contributed by atoms with Gasteiger partial charge >= 0.3 is 5.97 Å². The van der Waals surface area contributed by atoms with Gasteiger partial charge in [-0.2, -0.15) is 4.31 Å². The molecule has 1 atom stereocenters. The highest BCUT2D eigenvalue weighted by Gasteiger charge is 2.35. The van der Waals surface area contributed by atoms with Crippen LogP contribution in [0.3, 0.4) is 0 Å². The van der Waals surface area contributed by atoms with Crippen LogP contribution in [0, 0.1) is 0 Å². The van der Waals surface area contributed by atoms with E-state index in [9.17, 15) is 18.3 Å². The summed E-state index contributed by atoms with van der Waals surface area (Å²) in [5.41, 5.74) is 1.56. The van der Waals surface area contributed by atoms with Crippen molar-refractivity contribution < 1.29 is 23.1 Å². The van der Waals surface area contributed by atoms with Crippen LogP contribution in [0.1, 0.15) is 18.5 Å². The molecule has 1 aromatic heterocycles. The Morgan fingerprint density at radius 3 is 2.42 bits per heavy atom. The zero-order valence-corrected chi connectivity index (χ0v) is 18.0. The number of rotatable bonds is 7. The number of aliphatic carboxylic acids is 1. The minimum atomic E-state index is -3.65. The number of hydrogen-bond acceptors (Lipinski definition) is 5. The number of sulfonamides is 1. The summed E-state index contributed by atoms with van der Waals surface area (Å²) >= 11 is 0. The van der Waals surface area contributed by atoms with Crippen LogP contribution in [0.4, 0.5) is 0 Å². The number of para-hydroxylation sites is 1. The summed E-state index contributed by atoms with van der Waals surface area (Å²) in [6.45, 7) is 3.48. The number of piperazine rings is 1. The number of carbonyl (C=O) groups is 1. The molecule has 0 aliphatic carbocycles. The van der Waals surface area contributed by atoms with E-state index in [0.717, 1.165) is 10.9 Å². The SMILES string of the molecule is CCOc1ccc(S(=O)(=O)N2CCN([C@@H](C(=O)O)c3c[nH]c4ccccc34)CC2)cc1. The van der Waals surface area contributed by atoms with E-state index in [1.807, 2.05) is 36.1 Å². The molecule has 1 aliphatic rings. The molecule has 1 aliphatic heterocycles. The Kier molecular flexibility index (Phi) is 5.99. The lowest BCUT2D eigenvalue weighted by Crippen LogP contribution is -2.50. The van der Waals surface area contributed by atoms with Crippen LogP contribution in [-0.4, -0.2) is 66.5 Å². The molecule has 2 heterocycles. The quantitative estimate of drug-likeness (QED) is 0.582. The van der Waals surface area contributed by atoms with Crippen molar-refractivity contribution in [2.75, 3.05) is 32.8 Å². The van der Waals surface area contributed by atoms with E-state index in [1.165, 1.54) is 4.31 Å². The Morgan fingerprint density at radius 2 is 1.77 bits per heavy atom. The Balaban J connectivity index is 1.50. The number of aromatic amines is 1. The van der Waals surface area contributed by atoms with Crippen molar-refractivity contribution in [2.45, 2.75) is 17.9 Å². The van der Waals surface area contributed by atoms with Gasteiger partial charge in [0.05, 0.1) is 11.5 Å². The molecule has 0 spiro atoms. The fourth-order valence-corrected chi connectivity index (χ4v) is 5.45. The molecule has 0 bridgehead atoms. The molecule has 1 fully saturated rings. The molecular formula is C22H25N3O5S. The standard InChI is InChI=1S/C22H25N3O5S/c1-2-30-16-7-9-17(10-8-16)31(28,29)25-13-11-24(12-14-25)21(22(26)27)19-15-23-20-6-4-3-5-18(19)20/h3-10,15,21,23H,2,11-14H2,1H3,(H,26,27)/t21-/m1/s1. The Morgan fingerprint density at radius 1 is 1.10 bits per heavy atom. The molecule has 4 rings (SSSR count). The lowest BCUT2D eigenvalue weighted by Gasteiger charge is -2.37. The molecule has 31 heavy (non-hydrogen) atoms. The first-order valence-corrected chi connectivity index (χ1v) is 11.6. The van der Waals surface area contributed by atoms with E-state index >= 15 is 0 Å². The van der Waals surface area contributed by atoms with E-state index in [0.29, 0.717) is 31.0 Å². The van der Waals surface area contributed by atoms with Gasteiger partial charge in [-0.15, -0.1) is 0 Å². The average molecular weight is 444 g/mol. The number of aromatic nitrogens is 1. The fourth-order valence-electron chi connectivity index (χ4n) is 4.03. The lowest BCUT2D eigenvalue weighted by molar-refractivity contribution is -0.144. The van der Waals surface area contributed by atoms with Gasteiger partial charge in [0.25, 0.3) is 0 Å². The topological polar surface area (TPSA) is 103 Å². The van der Waals surface area contributed by atoms with Gasteiger partial charge in [-0.3, -0.25) is 9.69 Å². The molecule has 8 nitrogen and oxygen atoms in total. The molecule has 0 unspecified atom stereocenters. The largest absolute Gasteiger partial charge is 0.494 e. The van der Waals surface area contributed by atoms with Crippen LogP contribution < -0.4 is 4.74 Å². The minimum absolute atomic E-state index is 0.204. The van der Waals surface area contributed by atoms with Crippen molar-refractivity contribution in [3.05, 3.63) is 60.3 Å². The Bertz CT molecular complexity index is 1170. The van der Waals surface area contributed by atoms with Crippen LogP contribution in [-0.2, 0) is 14.8 Å². The van der Waals surface area contributed by atoms with Gasteiger partial charge in [-0.25, -0.2) is 8.42 Å². The Hall–Kier alpha value is -2.88. The molecule has 2 N–H and O–H groups in total. The highest BCUT2D eigenvalue weighted by atomic mass is 32.2. The molecule has 0 amide bonds. The van der Waals surface area contributed by atoms with E-state index in [-0.39, 0.29) is 18.0 Å². The van der Waals surface area contributed by atoms with Crippen molar-refractivity contribution in [2.24, 2.45) is 0 Å². The lowest BCUT2D eigenvalue weighted by atomic mass is 10.0.